The summed E-state index contributed by atoms with van der Waals surface area (Å²) in [4.78, 5) is 17.7. The number of hydrogen-bond donors (Lipinski definition) is 1. The Balaban J connectivity index is 2.34. The molecule has 2 aromatic rings. The van der Waals surface area contributed by atoms with Crippen LogP contribution in [0.5, 0.6) is 0 Å². The Hall–Kier alpha value is -2.26. The molecular formula is C15H20N4O4S. The predicted octanol–water partition coefficient (Wildman–Crippen LogP) is 1.29. The van der Waals surface area contributed by atoms with Crippen molar-refractivity contribution in [1.29, 1.82) is 0 Å². The van der Waals surface area contributed by atoms with Gasteiger partial charge >= 0.3 is 5.97 Å². The van der Waals surface area contributed by atoms with Crippen LogP contribution in [0.4, 0.5) is 0 Å². The zero-order valence-corrected chi connectivity index (χ0v) is 14.8. The number of hydrogen-bond acceptors (Lipinski definition) is 6. The lowest BCUT2D eigenvalue weighted by Gasteiger charge is -2.09. The molecule has 2 rings (SSSR count). The van der Waals surface area contributed by atoms with Gasteiger partial charge in [-0.1, -0.05) is 24.3 Å². The molecule has 0 unspecified atom stereocenters. The zero-order chi connectivity index (χ0) is 17.9. The molecule has 0 bridgehead atoms. The van der Waals surface area contributed by atoms with E-state index in [0.717, 1.165) is 10.4 Å². The van der Waals surface area contributed by atoms with Gasteiger partial charge in [0.1, 0.15) is 11.0 Å². The molecule has 1 aromatic heterocycles. The molecule has 8 nitrogen and oxygen atoms in total. The van der Waals surface area contributed by atoms with Crippen molar-refractivity contribution in [2.24, 2.45) is 5.92 Å². The van der Waals surface area contributed by atoms with E-state index in [0.29, 0.717) is 12.1 Å². The summed E-state index contributed by atoms with van der Waals surface area (Å²) < 4.78 is 27.1. The van der Waals surface area contributed by atoms with Crippen LogP contribution in [0.1, 0.15) is 27.7 Å². The third-order valence-corrected chi connectivity index (χ3v) is 4.38. The van der Waals surface area contributed by atoms with Crippen LogP contribution in [-0.4, -0.2) is 36.1 Å². The van der Waals surface area contributed by atoms with E-state index in [9.17, 15) is 13.2 Å². The Labute approximate surface area is 140 Å². The molecule has 130 valence electrons. The quantitative estimate of drug-likeness (QED) is 0.621. The van der Waals surface area contributed by atoms with Crippen molar-refractivity contribution >= 4 is 27.0 Å². The second kappa shape index (κ2) is 7.10. The highest BCUT2D eigenvalue weighted by Crippen LogP contribution is 2.17. The number of fused-ring (bicyclic) bond motifs is 1. The summed E-state index contributed by atoms with van der Waals surface area (Å²) in [6.45, 7) is 7.66. The minimum Gasteiger partial charge on any atom is -0.312 e. The Morgan fingerprint density at radius 1 is 1.38 bits per heavy atom. The summed E-state index contributed by atoms with van der Waals surface area (Å²) in [7, 11) is -3.66. The second-order valence-corrected chi connectivity index (χ2v) is 7.76. The molecule has 0 spiro atoms. The van der Waals surface area contributed by atoms with Crippen LogP contribution in [-0.2, 0) is 14.8 Å². The number of rotatable bonds is 6. The Bertz CT molecular complexity index is 880. The van der Waals surface area contributed by atoms with E-state index in [4.69, 9.17) is 4.84 Å². The number of carbonyl (C=O) groups is 1. The van der Waals surface area contributed by atoms with Crippen LogP contribution < -0.4 is 9.56 Å². The van der Waals surface area contributed by atoms with Crippen LogP contribution in [0.25, 0.3) is 11.0 Å². The minimum absolute atomic E-state index is 0.0532. The molecule has 0 saturated heterocycles. The fraction of sp³-hybridized carbons (Fsp3) is 0.400. The molecule has 0 atom stereocenters. The number of allylic oxidation sites excluding steroid dienone is 1. The molecule has 0 amide bonds. The van der Waals surface area contributed by atoms with Crippen molar-refractivity contribution in [3.05, 3.63) is 29.8 Å². The lowest BCUT2D eigenvalue weighted by molar-refractivity contribution is -0.139. The normalized spacial score (nSPS) is 11.7. The molecule has 1 aromatic carbocycles. The van der Waals surface area contributed by atoms with Crippen LogP contribution in [0, 0.1) is 5.92 Å². The fourth-order valence-corrected chi connectivity index (χ4v) is 3.05. The lowest BCUT2D eigenvalue weighted by Crippen LogP contribution is -2.27. The number of sulfonamides is 1. The molecule has 0 saturated carbocycles. The van der Waals surface area contributed by atoms with Crippen LogP contribution >= 0.6 is 0 Å². The Morgan fingerprint density at radius 2 is 2.08 bits per heavy atom. The van der Waals surface area contributed by atoms with Crippen molar-refractivity contribution in [1.82, 2.24) is 19.9 Å². The summed E-state index contributed by atoms with van der Waals surface area (Å²) in [6.07, 6.45) is 1.30. The average molecular weight is 352 g/mol. The highest BCUT2D eigenvalue weighted by atomic mass is 32.2. The number of carbonyl (C=O) groups excluding carboxylic acids is 1. The summed E-state index contributed by atoms with van der Waals surface area (Å²) >= 11 is 0. The average Bonchev–Trinajstić information content (AvgIpc) is 2.87. The standard InChI is InChI=1S/C15H20N4O4S/c1-10(2)7-15(20)23-19-14-8-12(5-6-13(14)17-18-19)24(21,22)16-9-11(3)4/h5-8,11,16H,9H2,1-4H3. The Kier molecular flexibility index (Phi) is 5.35. The van der Waals surface area contributed by atoms with E-state index in [1.807, 2.05) is 13.8 Å². The first kappa shape index (κ1) is 18.1. The van der Waals surface area contributed by atoms with Gasteiger partial charge in [0.2, 0.25) is 10.0 Å². The smallest absolute Gasteiger partial charge is 0.312 e. The van der Waals surface area contributed by atoms with E-state index in [1.165, 1.54) is 24.3 Å². The van der Waals surface area contributed by atoms with Gasteiger partial charge < -0.3 is 4.84 Å². The van der Waals surface area contributed by atoms with Crippen LogP contribution in [0.15, 0.2) is 34.7 Å². The molecular weight excluding hydrogens is 332 g/mol. The van der Waals surface area contributed by atoms with Crippen molar-refractivity contribution in [2.45, 2.75) is 32.6 Å². The first-order chi connectivity index (χ1) is 11.2. The first-order valence-corrected chi connectivity index (χ1v) is 8.89. The van der Waals surface area contributed by atoms with E-state index in [-0.39, 0.29) is 16.3 Å². The van der Waals surface area contributed by atoms with Crippen molar-refractivity contribution in [3.8, 4) is 0 Å². The minimum atomic E-state index is -3.66. The monoisotopic (exact) mass is 352 g/mol. The van der Waals surface area contributed by atoms with Crippen molar-refractivity contribution in [2.75, 3.05) is 6.54 Å². The summed E-state index contributed by atoms with van der Waals surface area (Å²) in [5.74, 6) is -0.436. The number of nitrogens with zero attached hydrogens (tertiary/aromatic N) is 3. The van der Waals surface area contributed by atoms with Crippen LogP contribution in [0.3, 0.4) is 0 Å². The number of nitrogens with one attached hydrogen (secondary N) is 1. The lowest BCUT2D eigenvalue weighted by atomic mass is 10.2. The molecule has 0 radical (unpaired) electrons. The third-order valence-electron chi connectivity index (χ3n) is 2.96. The maximum absolute atomic E-state index is 12.3. The maximum Gasteiger partial charge on any atom is 0.358 e. The van der Waals surface area contributed by atoms with Crippen molar-refractivity contribution in [3.63, 3.8) is 0 Å². The molecule has 9 heteroatoms. The van der Waals surface area contributed by atoms with E-state index in [1.54, 1.807) is 13.8 Å². The van der Waals surface area contributed by atoms with E-state index >= 15 is 0 Å². The largest absolute Gasteiger partial charge is 0.358 e. The summed E-state index contributed by atoms with van der Waals surface area (Å²) in [6, 6.07) is 4.31. The molecule has 0 aliphatic heterocycles. The van der Waals surface area contributed by atoms with E-state index < -0.39 is 16.0 Å². The van der Waals surface area contributed by atoms with Crippen LogP contribution in [0.2, 0.25) is 0 Å². The highest BCUT2D eigenvalue weighted by Gasteiger charge is 2.17. The molecule has 0 aliphatic rings. The van der Waals surface area contributed by atoms with Gasteiger partial charge in [-0.3, -0.25) is 0 Å². The highest BCUT2D eigenvalue weighted by molar-refractivity contribution is 7.89. The van der Waals surface area contributed by atoms with Crippen molar-refractivity contribution < 1.29 is 18.0 Å². The Morgan fingerprint density at radius 3 is 2.71 bits per heavy atom. The van der Waals surface area contributed by atoms with Gasteiger partial charge in [0, 0.05) is 12.6 Å². The summed E-state index contributed by atoms with van der Waals surface area (Å²) in [5, 5.41) is 7.57. The first-order valence-electron chi connectivity index (χ1n) is 7.41. The topological polar surface area (TPSA) is 103 Å². The molecule has 0 fully saturated rings. The van der Waals surface area contributed by atoms with Gasteiger partial charge in [-0.05, 0) is 43.2 Å². The molecule has 1 N–H and O–H groups in total. The molecule has 1 heterocycles. The summed E-state index contributed by atoms with van der Waals surface area (Å²) in [5.41, 5.74) is 1.48. The van der Waals surface area contributed by atoms with Gasteiger partial charge in [-0.2, -0.15) is 0 Å². The van der Waals surface area contributed by atoms with Gasteiger partial charge in [-0.15, -0.1) is 5.10 Å². The van der Waals surface area contributed by atoms with E-state index in [2.05, 4.69) is 15.0 Å². The SMILES string of the molecule is CC(C)=CC(=O)On1nnc2ccc(S(=O)(=O)NCC(C)C)cc21. The second-order valence-electron chi connectivity index (χ2n) is 5.99. The van der Waals surface area contributed by atoms with Gasteiger partial charge in [0.05, 0.1) is 4.90 Å². The fourth-order valence-electron chi connectivity index (χ4n) is 1.82. The van der Waals surface area contributed by atoms with Gasteiger partial charge in [0.25, 0.3) is 0 Å². The molecule has 24 heavy (non-hydrogen) atoms. The van der Waals surface area contributed by atoms with Gasteiger partial charge in [-0.25, -0.2) is 17.9 Å². The van der Waals surface area contributed by atoms with Gasteiger partial charge in [0.15, 0.2) is 0 Å². The molecule has 0 aliphatic carbocycles. The zero-order valence-electron chi connectivity index (χ0n) is 14.0. The number of benzene rings is 1. The predicted molar refractivity (Wildman–Crippen MR) is 88.6 cm³/mol. The number of aromatic nitrogens is 3. The maximum atomic E-state index is 12.3. The third kappa shape index (κ3) is 4.39.